The van der Waals surface area contributed by atoms with Crippen molar-refractivity contribution < 1.29 is 9.53 Å². The topological polar surface area (TPSA) is 94.0 Å². The Morgan fingerprint density at radius 1 is 1.03 bits per heavy atom. The number of fused-ring (bicyclic) bond motifs is 2. The Balaban J connectivity index is 1.49. The van der Waals surface area contributed by atoms with Gasteiger partial charge in [-0.3, -0.25) is 9.78 Å². The minimum atomic E-state index is -0.528. The van der Waals surface area contributed by atoms with E-state index in [1.807, 2.05) is 55.5 Å². The van der Waals surface area contributed by atoms with Gasteiger partial charge in [-0.1, -0.05) is 54.6 Å². The van der Waals surface area contributed by atoms with Crippen LogP contribution in [0.1, 0.15) is 18.5 Å². The van der Waals surface area contributed by atoms with Crippen molar-refractivity contribution in [1.82, 2.24) is 19.7 Å². The number of amides is 1. The van der Waals surface area contributed by atoms with Gasteiger partial charge in [-0.25, -0.2) is 4.68 Å². The summed E-state index contributed by atoms with van der Waals surface area (Å²) in [6.07, 6.45) is 3.28. The van der Waals surface area contributed by atoms with Crippen LogP contribution in [0, 0.1) is 0 Å². The number of anilines is 2. The summed E-state index contributed by atoms with van der Waals surface area (Å²) in [6, 6.07) is 25.0. The molecule has 8 nitrogen and oxygen atoms in total. The van der Waals surface area contributed by atoms with Crippen LogP contribution < -0.4 is 15.4 Å². The smallest absolute Gasteiger partial charge is 0.255 e. The monoisotopic (exact) mass is 488 g/mol. The highest BCUT2D eigenvalue weighted by Crippen LogP contribution is 2.38. The van der Waals surface area contributed by atoms with E-state index in [1.54, 1.807) is 36.3 Å². The Bertz CT molecular complexity index is 1650. The van der Waals surface area contributed by atoms with Gasteiger partial charge < -0.3 is 15.4 Å². The molecular formula is C29H24N6O2. The fraction of sp³-hybridized carbons (Fsp3) is 0.103. The molecule has 0 aliphatic carbocycles. The first-order valence-corrected chi connectivity index (χ1v) is 11.9. The molecule has 1 atom stereocenters. The number of ether oxygens (including phenoxy) is 1. The largest absolute Gasteiger partial charge is 0.497 e. The van der Waals surface area contributed by atoms with E-state index in [1.165, 1.54) is 0 Å². The van der Waals surface area contributed by atoms with Gasteiger partial charge in [0.1, 0.15) is 11.8 Å². The highest BCUT2D eigenvalue weighted by atomic mass is 16.5. The van der Waals surface area contributed by atoms with E-state index in [-0.39, 0.29) is 5.91 Å². The molecule has 1 amide bonds. The summed E-state index contributed by atoms with van der Waals surface area (Å²) < 4.78 is 7.26. The number of nitrogens with zero attached hydrogens (tertiary/aromatic N) is 4. The zero-order valence-corrected chi connectivity index (χ0v) is 20.3. The minimum absolute atomic E-state index is 0.251. The number of nitrogens with one attached hydrogen (secondary N) is 2. The molecule has 8 heteroatoms. The lowest BCUT2D eigenvalue weighted by Crippen LogP contribution is -2.31. The number of methoxy groups -OCH3 is 1. The lowest BCUT2D eigenvalue weighted by molar-refractivity contribution is -0.113. The highest BCUT2D eigenvalue weighted by molar-refractivity contribution is 6.06. The molecule has 182 valence electrons. The van der Waals surface area contributed by atoms with Gasteiger partial charge in [0.25, 0.3) is 5.91 Å². The molecule has 1 aliphatic heterocycles. The number of carbonyl (C=O) groups is 1. The van der Waals surface area contributed by atoms with Crippen LogP contribution in [0.15, 0.2) is 103 Å². The van der Waals surface area contributed by atoms with Crippen molar-refractivity contribution in [2.45, 2.75) is 13.0 Å². The number of allylic oxidation sites excluding steroid dienone is 1. The zero-order valence-electron chi connectivity index (χ0n) is 20.3. The van der Waals surface area contributed by atoms with Crippen molar-refractivity contribution in [3.05, 3.63) is 108 Å². The van der Waals surface area contributed by atoms with Crippen LogP contribution in [-0.2, 0) is 4.79 Å². The third-order valence-corrected chi connectivity index (χ3v) is 6.46. The molecule has 5 aromatic rings. The average molecular weight is 489 g/mol. The zero-order chi connectivity index (χ0) is 25.4. The van der Waals surface area contributed by atoms with Crippen molar-refractivity contribution in [1.29, 1.82) is 0 Å². The second-order valence-corrected chi connectivity index (χ2v) is 8.77. The quantitative estimate of drug-likeness (QED) is 0.343. The second kappa shape index (κ2) is 9.23. The number of benzene rings is 3. The van der Waals surface area contributed by atoms with E-state index < -0.39 is 6.04 Å². The van der Waals surface area contributed by atoms with Gasteiger partial charge in [-0.2, -0.15) is 4.98 Å². The van der Waals surface area contributed by atoms with E-state index in [9.17, 15) is 4.79 Å². The normalized spacial score (nSPS) is 14.7. The molecule has 0 radical (unpaired) electrons. The summed E-state index contributed by atoms with van der Waals surface area (Å²) in [7, 11) is 1.62. The maximum atomic E-state index is 13.6. The van der Waals surface area contributed by atoms with Gasteiger partial charge in [-0.05, 0) is 47.5 Å². The first kappa shape index (κ1) is 22.5. The van der Waals surface area contributed by atoms with Crippen molar-refractivity contribution in [3.8, 4) is 17.1 Å². The summed E-state index contributed by atoms with van der Waals surface area (Å²) in [4.78, 5) is 22.6. The van der Waals surface area contributed by atoms with Crippen LogP contribution in [0.4, 0.5) is 11.6 Å². The molecule has 0 saturated carbocycles. The Morgan fingerprint density at radius 3 is 2.70 bits per heavy atom. The number of rotatable bonds is 5. The maximum absolute atomic E-state index is 13.6. The van der Waals surface area contributed by atoms with Crippen LogP contribution in [0.3, 0.4) is 0 Å². The SMILES string of the molecule is COc1cccc(C2C(C(=O)Nc3cccnc3)=C(C)Nc3nc(-c4cccc5ccccc45)nn32)c1. The predicted molar refractivity (Wildman–Crippen MR) is 143 cm³/mol. The number of hydrogen-bond acceptors (Lipinski definition) is 6. The summed E-state index contributed by atoms with van der Waals surface area (Å²) in [5.74, 6) is 1.58. The number of pyridine rings is 1. The molecule has 3 aromatic carbocycles. The van der Waals surface area contributed by atoms with Crippen LogP contribution in [0.2, 0.25) is 0 Å². The Labute approximate surface area is 213 Å². The molecule has 0 saturated heterocycles. The summed E-state index contributed by atoms with van der Waals surface area (Å²) >= 11 is 0. The minimum Gasteiger partial charge on any atom is -0.497 e. The standard InChI is InChI=1S/C29H24N6O2/c1-18-25(28(36)32-21-11-7-15-30-17-21)26(20-10-5-12-22(16-20)37-2)35-29(31-18)33-27(34-35)24-14-6-9-19-8-3-4-13-23(19)24/h3-17,26H,1-2H3,(H,32,36)(H,31,33,34). The lowest BCUT2D eigenvalue weighted by atomic mass is 9.95. The Hall–Kier alpha value is -4.98. The first-order valence-electron chi connectivity index (χ1n) is 11.9. The summed E-state index contributed by atoms with van der Waals surface area (Å²) in [5.41, 5.74) is 3.60. The van der Waals surface area contributed by atoms with Gasteiger partial charge in [0, 0.05) is 17.5 Å². The molecular weight excluding hydrogens is 464 g/mol. The number of hydrogen-bond donors (Lipinski definition) is 2. The van der Waals surface area contributed by atoms with Crippen LogP contribution >= 0.6 is 0 Å². The lowest BCUT2D eigenvalue weighted by Gasteiger charge is -2.28. The number of carbonyl (C=O) groups excluding carboxylic acids is 1. The van der Waals surface area contributed by atoms with Crippen molar-refractivity contribution in [3.63, 3.8) is 0 Å². The molecule has 2 aromatic heterocycles. The molecule has 1 unspecified atom stereocenters. The van der Waals surface area contributed by atoms with E-state index in [4.69, 9.17) is 14.8 Å². The van der Waals surface area contributed by atoms with Gasteiger partial charge in [0.15, 0.2) is 5.82 Å². The van der Waals surface area contributed by atoms with Gasteiger partial charge in [-0.15, -0.1) is 5.10 Å². The maximum Gasteiger partial charge on any atom is 0.255 e. The molecule has 37 heavy (non-hydrogen) atoms. The molecule has 2 N–H and O–H groups in total. The van der Waals surface area contributed by atoms with Crippen molar-refractivity contribution >= 4 is 28.3 Å². The second-order valence-electron chi connectivity index (χ2n) is 8.77. The predicted octanol–water partition coefficient (Wildman–Crippen LogP) is 5.43. The van der Waals surface area contributed by atoms with Gasteiger partial charge >= 0.3 is 0 Å². The molecule has 0 spiro atoms. The van der Waals surface area contributed by atoms with Gasteiger partial charge in [0.05, 0.1) is 24.6 Å². The first-order chi connectivity index (χ1) is 18.1. The highest BCUT2D eigenvalue weighted by Gasteiger charge is 2.35. The van der Waals surface area contributed by atoms with Crippen molar-refractivity contribution in [2.24, 2.45) is 0 Å². The molecule has 0 fully saturated rings. The fourth-order valence-electron chi connectivity index (χ4n) is 4.73. The molecule has 0 bridgehead atoms. The van der Waals surface area contributed by atoms with Crippen LogP contribution in [0.25, 0.3) is 22.2 Å². The van der Waals surface area contributed by atoms with E-state index in [0.29, 0.717) is 34.5 Å². The molecule has 3 heterocycles. The third kappa shape index (κ3) is 4.08. The van der Waals surface area contributed by atoms with Gasteiger partial charge in [0.2, 0.25) is 5.95 Å². The fourth-order valence-corrected chi connectivity index (χ4v) is 4.73. The Morgan fingerprint density at radius 2 is 1.86 bits per heavy atom. The van der Waals surface area contributed by atoms with E-state index in [0.717, 1.165) is 21.9 Å². The Kier molecular flexibility index (Phi) is 5.61. The van der Waals surface area contributed by atoms with Crippen molar-refractivity contribution in [2.75, 3.05) is 17.7 Å². The van der Waals surface area contributed by atoms with E-state index >= 15 is 0 Å². The summed E-state index contributed by atoms with van der Waals surface area (Å²) in [6.45, 7) is 1.88. The molecule has 1 aliphatic rings. The van der Waals surface area contributed by atoms with Crippen LogP contribution in [-0.4, -0.2) is 32.8 Å². The molecule has 6 rings (SSSR count). The van der Waals surface area contributed by atoms with Crippen LogP contribution in [0.5, 0.6) is 5.75 Å². The number of aromatic nitrogens is 4. The summed E-state index contributed by atoms with van der Waals surface area (Å²) in [5, 5.41) is 13.4. The third-order valence-electron chi connectivity index (χ3n) is 6.46. The van der Waals surface area contributed by atoms with E-state index in [2.05, 4.69) is 33.8 Å². The average Bonchev–Trinajstić information content (AvgIpc) is 3.35.